The van der Waals surface area contributed by atoms with Crippen LogP contribution in [0.15, 0.2) is 159 Å². The van der Waals surface area contributed by atoms with E-state index in [1.807, 2.05) is 84.9 Å². The second kappa shape index (κ2) is 16.2. The Labute approximate surface area is 308 Å². The monoisotopic (exact) mass is 778 g/mol. The summed E-state index contributed by atoms with van der Waals surface area (Å²) in [5.74, 6) is 0.166. The van der Waals surface area contributed by atoms with Crippen molar-refractivity contribution in [2.75, 3.05) is 0 Å². The van der Waals surface area contributed by atoms with Crippen molar-refractivity contribution in [1.29, 1.82) is 0 Å². The van der Waals surface area contributed by atoms with Crippen LogP contribution < -0.4 is 0 Å². The number of fused-ring (bicyclic) bond motifs is 6. The minimum Gasteiger partial charge on any atom is -0.337 e. The average molecular weight is 778 g/mol. The number of rotatable bonds is 3. The predicted octanol–water partition coefficient (Wildman–Crippen LogP) is 9.63. The molecule has 0 aliphatic rings. The summed E-state index contributed by atoms with van der Waals surface area (Å²) in [6, 6.07) is 35.9. The molecule has 8 nitrogen and oxygen atoms in total. The molecule has 12 heteroatoms. The molecule has 52 heavy (non-hydrogen) atoms. The topological polar surface area (TPSA) is 106 Å². The summed E-state index contributed by atoms with van der Waals surface area (Å²) < 4.78 is 40.3. The third kappa shape index (κ3) is 7.87. The number of aromatic nitrogens is 8. The maximum absolute atomic E-state index is 13.4. The van der Waals surface area contributed by atoms with Gasteiger partial charge >= 0.3 is 6.18 Å². The third-order valence-corrected chi connectivity index (χ3v) is 7.74. The molecule has 1 N–H and O–H groups in total. The molecular weight excluding hydrogens is 751 g/mol. The second-order valence-corrected chi connectivity index (χ2v) is 11.0. The van der Waals surface area contributed by atoms with Crippen LogP contribution in [0.5, 0.6) is 0 Å². The second-order valence-electron chi connectivity index (χ2n) is 11.0. The summed E-state index contributed by atoms with van der Waals surface area (Å²) in [4.78, 5) is 33.1. The van der Waals surface area contributed by atoms with Crippen LogP contribution in [0, 0.1) is 0 Å². The molecule has 0 spiro atoms. The zero-order valence-electron chi connectivity index (χ0n) is 27.1. The van der Waals surface area contributed by atoms with E-state index in [-0.39, 0.29) is 30.9 Å². The smallest absolute Gasteiger partial charge is 0.337 e. The van der Waals surface area contributed by atoms with Gasteiger partial charge in [0.1, 0.15) is 5.82 Å². The Morgan fingerprint density at radius 3 is 1.31 bits per heavy atom. The summed E-state index contributed by atoms with van der Waals surface area (Å²) in [6.07, 6.45) is 5.93. The van der Waals surface area contributed by atoms with Gasteiger partial charge in [-0.05, 0) is 78.9 Å². The molecule has 7 heterocycles. The fraction of sp³-hybridized carbons (Fsp3) is 0.0250. The fourth-order valence-corrected chi connectivity index (χ4v) is 5.47. The standard InChI is InChI=1S/C20H11F3N4.2C10H8N2.Ru/c21-20(22,23)14-8-2-1-5-11(14)19-26-17-12-6-3-9-24-15(12)16-13(18(17)27-19)7-4-10-25-16;2*1-3-7-11-9(5-1)10-6-2-4-8-12-10;/h1-10H,(H,26,27);2*1-8H;. The number of hydrogen-bond acceptors (Lipinski definition) is 7. The molecule has 0 aliphatic carbocycles. The number of hydrogen-bond donors (Lipinski definition) is 1. The van der Waals surface area contributed by atoms with Gasteiger partial charge in [-0.3, -0.25) is 29.9 Å². The van der Waals surface area contributed by atoms with E-state index < -0.39 is 11.7 Å². The van der Waals surface area contributed by atoms with E-state index in [1.165, 1.54) is 12.1 Å². The number of H-pyrrole nitrogens is 1. The molecule has 0 radical (unpaired) electrons. The van der Waals surface area contributed by atoms with Crippen LogP contribution in [0.4, 0.5) is 13.2 Å². The van der Waals surface area contributed by atoms with Crippen LogP contribution in [0.25, 0.3) is 67.0 Å². The molecule has 0 bridgehead atoms. The largest absolute Gasteiger partial charge is 0.417 e. The molecule has 0 amide bonds. The normalized spacial score (nSPS) is 10.8. The summed E-state index contributed by atoms with van der Waals surface area (Å²) >= 11 is 0. The first kappa shape index (κ1) is 35.6. The molecule has 7 aromatic heterocycles. The number of imidazole rings is 1. The molecule has 256 valence electrons. The van der Waals surface area contributed by atoms with Crippen LogP contribution >= 0.6 is 0 Å². The van der Waals surface area contributed by atoms with Crippen LogP contribution in [-0.2, 0) is 25.7 Å². The molecule has 9 rings (SSSR count). The van der Waals surface area contributed by atoms with Crippen molar-refractivity contribution in [2.45, 2.75) is 6.18 Å². The van der Waals surface area contributed by atoms with Gasteiger partial charge < -0.3 is 4.98 Å². The van der Waals surface area contributed by atoms with Gasteiger partial charge in [-0.1, -0.05) is 42.5 Å². The van der Waals surface area contributed by atoms with Gasteiger partial charge in [0.15, 0.2) is 0 Å². The Balaban J connectivity index is 0.000000154. The summed E-state index contributed by atoms with van der Waals surface area (Å²) in [7, 11) is 0. The van der Waals surface area contributed by atoms with Crippen molar-refractivity contribution < 1.29 is 32.6 Å². The van der Waals surface area contributed by atoms with Crippen LogP contribution in [0.2, 0.25) is 0 Å². The van der Waals surface area contributed by atoms with E-state index in [4.69, 9.17) is 0 Å². The van der Waals surface area contributed by atoms with Crippen molar-refractivity contribution in [2.24, 2.45) is 0 Å². The van der Waals surface area contributed by atoms with E-state index in [0.717, 1.165) is 39.6 Å². The predicted molar refractivity (Wildman–Crippen MR) is 192 cm³/mol. The quantitative estimate of drug-likeness (QED) is 0.141. The Hall–Kier alpha value is -6.26. The van der Waals surface area contributed by atoms with Crippen molar-refractivity contribution in [3.63, 3.8) is 0 Å². The van der Waals surface area contributed by atoms with E-state index in [9.17, 15) is 13.2 Å². The number of halogens is 3. The first-order valence-corrected chi connectivity index (χ1v) is 15.8. The summed E-state index contributed by atoms with van der Waals surface area (Å²) in [6.45, 7) is 0. The first-order valence-electron chi connectivity index (χ1n) is 15.8. The number of benzene rings is 2. The molecule has 0 saturated heterocycles. The first-order chi connectivity index (χ1) is 25.0. The summed E-state index contributed by atoms with van der Waals surface area (Å²) in [5, 5.41) is 1.51. The molecule has 0 atom stereocenters. The van der Waals surface area contributed by atoms with Crippen LogP contribution in [0.3, 0.4) is 0 Å². The maximum atomic E-state index is 13.4. The molecule has 2 aromatic carbocycles. The van der Waals surface area contributed by atoms with E-state index >= 15 is 0 Å². The Morgan fingerprint density at radius 1 is 0.423 bits per heavy atom. The molecule has 0 saturated carbocycles. The zero-order valence-corrected chi connectivity index (χ0v) is 28.9. The van der Waals surface area contributed by atoms with Gasteiger partial charge in [0.25, 0.3) is 0 Å². The number of pyridine rings is 6. The van der Waals surface area contributed by atoms with Crippen molar-refractivity contribution in [1.82, 2.24) is 39.9 Å². The van der Waals surface area contributed by atoms with Gasteiger partial charge in [-0.15, -0.1) is 0 Å². The number of nitrogens with one attached hydrogen (secondary N) is 1. The number of aromatic amines is 1. The van der Waals surface area contributed by atoms with Crippen molar-refractivity contribution in [3.05, 3.63) is 164 Å². The Morgan fingerprint density at radius 2 is 0.846 bits per heavy atom. The molecule has 9 aromatic rings. The van der Waals surface area contributed by atoms with E-state index in [0.29, 0.717) is 22.1 Å². The maximum Gasteiger partial charge on any atom is 0.417 e. The number of nitrogens with zero attached hydrogens (tertiary/aromatic N) is 7. The zero-order chi connectivity index (χ0) is 35.0. The van der Waals surface area contributed by atoms with Gasteiger partial charge in [0.2, 0.25) is 0 Å². The molecule has 0 fully saturated rings. The SMILES string of the molecule is FC(F)(F)c1ccccc1-c1nc2c3cccnc3c3ncccc3c2[nH]1.[Ru].c1ccc(-c2ccccn2)nc1.c1ccc(-c2ccccn2)nc1. The summed E-state index contributed by atoms with van der Waals surface area (Å²) in [5.41, 5.74) is 5.51. The Bertz CT molecular complexity index is 2290. The Kier molecular flexibility index (Phi) is 11.1. The fourth-order valence-electron chi connectivity index (χ4n) is 5.47. The van der Waals surface area contributed by atoms with Crippen molar-refractivity contribution >= 4 is 32.8 Å². The minimum absolute atomic E-state index is 0. The van der Waals surface area contributed by atoms with Crippen LogP contribution in [0.1, 0.15) is 5.56 Å². The van der Waals surface area contributed by atoms with Gasteiger partial charge in [0, 0.05) is 73.0 Å². The third-order valence-electron chi connectivity index (χ3n) is 7.74. The molecular formula is C40H27F3N8Ru. The minimum atomic E-state index is -4.47. The number of alkyl halides is 3. The van der Waals surface area contributed by atoms with Gasteiger partial charge in [-0.25, -0.2) is 4.98 Å². The van der Waals surface area contributed by atoms with Crippen LogP contribution in [-0.4, -0.2) is 39.9 Å². The van der Waals surface area contributed by atoms with Crippen molar-refractivity contribution in [3.8, 4) is 34.2 Å². The van der Waals surface area contributed by atoms with E-state index in [1.54, 1.807) is 55.4 Å². The van der Waals surface area contributed by atoms with Gasteiger partial charge in [-0.2, -0.15) is 13.2 Å². The average Bonchev–Trinajstić information content (AvgIpc) is 3.66. The molecule has 0 unspecified atom stereocenters. The molecule has 0 aliphatic heterocycles. The van der Waals surface area contributed by atoms with Gasteiger partial charge in [0.05, 0.1) is 50.4 Å². The van der Waals surface area contributed by atoms with E-state index in [2.05, 4.69) is 39.9 Å².